The van der Waals surface area contributed by atoms with Gasteiger partial charge in [0.1, 0.15) is 0 Å². The maximum Gasteiger partial charge on any atom is 0.255 e. The van der Waals surface area contributed by atoms with E-state index in [4.69, 9.17) is 0 Å². The Balaban J connectivity index is 2.89. The van der Waals surface area contributed by atoms with Gasteiger partial charge in [0.2, 0.25) is 0 Å². The van der Waals surface area contributed by atoms with E-state index >= 15 is 0 Å². The molecule has 0 aliphatic rings. The van der Waals surface area contributed by atoms with Gasteiger partial charge in [0.05, 0.1) is 5.56 Å². The molecule has 0 heterocycles. The molecule has 0 aliphatic carbocycles. The number of likely N-dealkylation sites (N-methyl/N-ethyl adjacent to an activating group) is 2. The second-order valence-corrected chi connectivity index (χ2v) is 5.54. The van der Waals surface area contributed by atoms with E-state index in [1.807, 2.05) is 50.2 Å². The van der Waals surface area contributed by atoms with Crippen LogP contribution in [0.1, 0.15) is 24.2 Å². The molecular formula is C14H21BrN2O. The standard InChI is InChI=1S/C14H21BrN2O/c1-5-17(11(2)10-16(3)4)14(18)12-8-6-7-9-13(12)15/h6-9,11H,5,10H2,1-4H3. The molecule has 0 saturated carbocycles. The van der Waals surface area contributed by atoms with Gasteiger partial charge in [-0.2, -0.15) is 0 Å². The third-order valence-corrected chi connectivity index (χ3v) is 3.56. The Morgan fingerprint density at radius 2 is 1.94 bits per heavy atom. The van der Waals surface area contributed by atoms with Crippen LogP contribution in [-0.2, 0) is 0 Å². The Morgan fingerprint density at radius 1 is 1.33 bits per heavy atom. The molecule has 1 aromatic rings. The predicted molar refractivity (Wildman–Crippen MR) is 78.9 cm³/mol. The summed E-state index contributed by atoms with van der Waals surface area (Å²) >= 11 is 3.44. The average Bonchev–Trinajstić information content (AvgIpc) is 2.29. The van der Waals surface area contributed by atoms with Crippen molar-refractivity contribution >= 4 is 21.8 Å². The quantitative estimate of drug-likeness (QED) is 0.834. The first kappa shape index (κ1) is 15.2. The topological polar surface area (TPSA) is 23.6 Å². The van der Waals surface area contributed by atoms with Crippen LogP contribution in [0.3, 0.4) is 0 Å². The number of benzene rings is 1. The highest BCUT2D eigenvalue weighted by Crippen LogP contribution is 2.19. The molecule has 0 aromatic heterocycles. The minimum Gasteiger partial charge on any atom is -0.335 e. The molecule has 0 saturated heterocycles. The summed E-state index contributed by atoms with van der Waals surface area (Å²) in [7, 11) is 4.04. The lowest BCUT2D eigenvalue weighted by molar-refractivity contribution is 0.0678. The normalized spacial score (nSPS) is 12.6. The predicted octanol–water partition coefficient (Wildman–Crippen LogP) is 2.86. The fraction of sp³-hybridized carbons (Fsp3) is 0.500. The van der Waals surface area contributed by atoms with E-state index in [2.05, 4.69) is 27.8 Å². The first-order valence-electron chi connectivity index (χ1n) is 6.17. The smallest absolute Gasteiger partial charge is 0.255 e. The zero-order valence-electron chi connectivity index (χ0n) is 11.5. The van der Waals surface area contributed by atoms with Gasteiger partial charge in [-0.15, -0.1) is 0 Å². The minimum absolute atomic E-state index is 0.0827. The van der Waals surface area contributed by atoms with Crippen molar-refractivity contribution in [3.8, 4) is 0 Å². The SMILES string of the molecule is CCN(C(=O)c1ccccc1Br)C(C)CN(C)C. The molecule has 1 rings (SSSR count). The monoisotopic (exact) mass is 312 g/mol. The third-order valence-electron chi connectivity index (χ3n) is 2.87. The van der Waals surface area contributed by atoms with Crippen LogP contribution >= 0.6 is 15.9 Å². The van der Waals surface area contributed by atoms with E-state index in [1.165, 1.54) is 0 Å². The van der Waals surface area contributed by atoms with Gasteiger partial charge in [0.15, 0.2) is 0 Å². The van der Waals surface area contributed by atoms with E-state index in [1.54, 1.807) is 0 Å². The van der Waals surface area contributed by atoms with Crippen LogP contribution in [0.25, 0.3) is 0 Å². The number of amides is 1. The molecular weight excluding hydrogens is 292 g/mol. The molecule has 4 heteroatoms. The summed E-state index contributed by atoms with van der Waals surface area (Å²) in [6.45, 7) is 5.68. The summed E-state index contributed by atoms with van der Waals surface area (Å²) in [5.74, 6) is 0.0827. The summed E-state index contributed by atoms with van der Waals surface area (Å²) < 4.78 is 0.852. The zero-order chi connectivity index (χ0) is 13.7. The van der Waals surface area contributed by atoms with Crippen molar-refractivity contribution in [1.82, 2.24) is 9.80 Å². The second-order valence-electron chi connectivity index (χ2n) is 4.68. The maximum atomic E-state index is 12.5. The van der Waals surface area contributed by atoms with E-state index in [-0.39, 0.29) is 11.9 Å². The van der Waals surface area contributed by atoms with Crippen molar-refractivity contribution in [1.29, 1.82) is 0 Å². The molecule has 3 nitrogen and oxygen atoms in total. The molecule has 100 valence electrons. The summed E-state index contributed by atoms with van der Waals surface area (Å²) in [6, 6.07) is 7.77. The lowest BCUT2D eigenvalue weighted by atomic mass is 10.1. The highest BCUT2D eigenvalue weighted by Gasteiger charge is 2.21. The van der Waals surface area contributed by atoms with Crippen LogP contribution in [0, 0.1) is 0 Å². The number of rotatable bonds is 5. The van der Waals surface area contributed by atoms with Gasteiger partial charge in [-0.1, -0.05) is 12.1 Å². The molecule has 18 heavy (non-hydrogen) atoms. The van der Waals surface area contributed by atoms with Crippen molar-refractivity contribution < 1.29 is 4.79 Å². The Bertz CT molecular complexity index is 407. The maximum absolute atomic E-state index is 12.5. The van der Waals surface area contributed by atoms with E-state index in [0.29, 0.717) is 0 Å². The molecule has 1 atom stereocenters. The highest BCUT2D eigenvalue weighted by molar-refractivity contribution is 9.10. The number of hydrogen-bond donors (Lipinski definition) is 0. The Kier molecular flexibility index (Phi) is 5.82. The highest BCUT2D eigenvalue weighted by atomic mass is 79.9. The van der Waals surface area contributed by atoms with E-state index < -0.39 is 0 Å². The third kappa shape index (κ3) is 3.82. The van der Waals surface area contributed by atoms with Crippen molar-refractivity contribution in [2.75, 3.05) is 27.2 Å². The largest absolute Gasteiger partial charge is 0.335 e. The number of halogens is 1. The Morgan fingerprint density at radius 3 is 2.44 bits per heavy atom. The number of hydrogen-bond acceptors (Lipinski definition) is 2. The summed E-state index contributed by atoms with van der Waals surface area (Å²) in [4.78, 5) is 16.5. The zero-order valence-corrected chi connectivity index (χ0v) is 13.1. The summed E-state index contributed by atoms with van der Waals surface area (Å²) in [5, 5.41) is 0. The summed E-state index contributed by atoms with van der Waals surface area (Å²) in [5.41, 5.74) is 0.727. The van der Waals surface area contributed by atoms with Gasteiger partial charge in [-0.3, -0.25) is 4.79 Å². The van der Waals surface area contributed by atoms with Gasteiger partial charge in [0.25, 0.3) is 5.91 Å². The van der Waals surface area contributed by atoms with Gasteiger partial charge < -0.3 is 9.80 Å². The van der Waals surface area contributed by atoms with Gasteiger partial charge in [-0.25, -0.2) is 0 Å². The second kappa shape index (κ2) is 6.90. The van der Waals surface area contributed by atoms with Crippen LogP contribution in [0.15, 0.2) is 28.7 Å². The van der Waals surface area contributed by atoms with Gasteiger partial charge >= 0.3 is 0 Å². The van der Waals surface area contributed by atoms with Crippen LogP contribution in [0.4, 0.5) is 0 Å². The van der Waals surface area contributed by atoms with Crippen molar-refractivity contribution in [3.05, 3.63) is 34.3 Å². The molecule has 1 amide bonds. The lowest BCUT2D eigenvalue weighted by Crippen LogP contribution is -2.43. The van der Waals surface area contributed by atoms with Crippen molar-refractivity contribution in [3.63, 3.8) is 0 Å². The van der Waals surface area contributed by atoms with Crippen LogP contribution in [0.5, 0.6) is 0 Å². The molecule has 0 N–H and O–H groups in total. The molecule has 1 aromatic carbocycles. The average molecular weight is 313 g/mol. The number of carbonyl (C=O) groups is 1. The lowest BCUT2D eigenvalue weighted by Gasteiger charge is -2.30. The van der Waals surface area contributed by atoms with Crippen LogP contribution in [-0.4, -0.2) is 48.9 Å². The fourth-order valence-corrected chi connectivity index (χ4v) is 2.53. The first-order valence-corrected chi connectivity index (χ1v) is 6.96. The van der Waals surface area contributed by atoms with Crippen molar-refractivity contribution in [2.24, 2.45) is 0 Å². The van der Waals surface area contributed by atoms with E-state index in [0.717, 1.165) is 23.1 Å². The van der Waals surface area contributed by atoms with Crippen LogP contribution in [0.2, 0.25) is 0 Å². The first-order chi connectivity index (χ1) is 8.47. The number of carbonyl (C=O) groups excluding carboxylic acids is 1. The van der Waals surface area contributed by atoms with Gasteiger partial charge in [-0.05, 0) is 56.0 Å². The minimum atomic E-state index is 0.0827. The molecule has 0 aliphatic heterocycles. The molecule has 1 unspecified atom stereocenters. The van der Waals surface area contributed by atoms with Crippen molar-refractivity contribution in [2.45, 2.75) is 19.9 Å². The molecule has 0 fully saturated rings. The molecule has 0 radical (unpaired) electrons. The van der Waals surface area contributed by atoms with Gasteiger partial charge in [0, 0.05) is 23.6 Å². The van der Waals surface area contributed by atoms with E-state index in [9.17, 15) is 4.79 Å². The van der Waals surface area contributed by atoms with Crippen LogP contribution < -0.4 is 0 Å². The Labute approximate surface area is 118 Å². The molecule has 0 spiro atoms. The Hall–Kier alpha value is -0.870. The molecule has 0 bridgehead atoms. The number of nitrogens with zero attached hydrogens (tertiary/aromatic N) is 2. The fourth-order valence-electron chi connectivity index (χ4n) is 2.07. The summed E-state index contributed by atoms with van der Waals surface area (Å²) in [6.07, 6.45) is 0.